The highest BCUT2D eigenvalue weighted by Crippen LogP contribution is 2.25. The van der Waals surface area contributed by atoms with Crippen molar-refractivity contribution in [1.29, 1.82) is 0 Å². The summed E-state index contributed by atoms with van der Waals surface area (Å²) in [4.78, 5) is 0.829. The number of nitrogens with two attached hydrogens (primary N) is 1. The average Bonchev–Trinajstić information content (AvgIpc) is 2.83. The van der Waals surface area contributed by atoms with Crippen LogP contribution in [0.5, 0.6) is 0 Å². The summed E-state index contributed by atoms with van der Waals surface area (Å²) in [5, 5.41) is 4.51. The van der Waals surface area contributed by atoms with Crippen LogP contribution in [0.3, 0.4) is 0 Å². The maximum atomic E-state index is 13.2. The first kappa shape index (κ1) is 13.9. The summed E-state index contributed by atoms with van der Waals surface area (Å²) in [6.45, 7) is 4.27. The lowest BCUT2D eigenvalue weighted by atomic mass is 10.3. The highest BCUT2D eigenvalue weighted by molar-refractivity contribution is 7.98. The van der Waals surface area contributed by atoms with Gasteiger partial charge in [-0.05, 0) is 37.6 Å². The third kappa shape index (κ3) is 3.73. The Hall–Kier alpha value is -1.49. The molecule has 1 aromatic carbocycles. The van der Waals surface area contributed by atoms with E-state index in [-0.39, 0.29) is 5.82 Å². The van der Waals surface area contributed by atoms with Crippen LogP contribution < -0.4 is 5.73 Å². The van der Waals surface area contributed by atoms with Gasteiger partial charge in [0.1, 0.15) is 5.82 Å². The van der Waals surface area contributed by atoms with E-state index in [1.54, 1.807) is 6.07 Å². The molecule has 0 aliphatic carbocycles. The lowest BCUT2D eigenvalue weighted by molar-refractivity contribution is 0.475. The quantitative estimate of drug-likeness (QED) is 0.667. The second-order valence-corrected chi connectivity index (χ2v) is 5.60. The maximum absolute atomic E-state index is 13.2. The number of thioether (sulfide) groups is 1. The SMILES string of the molecule is CCC(C)n1ccc(CSc2cc(N)cc(F)c2)n1. The molecule has 0 saturated carbocycles. The standard InChI is InChI=1S/C14H18FN3S/c1-3-10(2)18-5-4-13(17-18)9-19-14-7-11(15)6-12(16)8-14/h4-8,10H,3,9,16H2,1-2H3. The first-order valence-electron chi connectivity index (χ1n) is 6.31. The first-order valence-corrected chi connectivity index (χ1v) is 7.30. The van der Waals surface area contributed by atoms with E-state index in [4.69, 9.17) is 5.73 Å². The third-order valence-corrected chi connectivity index (χ3v) is 4.00. The van der Waals surface area contributed by atoms with Crippen LogP contribution in [0.25, 0.3) is 0 Å². The van der Waals surface area contributed by atoms with Crippen molar-refractivity contribution in [3.63, 3.8) is 0 Å². The number of nitrogen functional groups attached to an aromatic ring is 1. The number of rotatable bonds is 5. The van der Waals surface area contributed by atoms with Gasteiger partial charge >= 0.3 is 0 Å². The van der Waals surface area contributed by atoms with Gasteiger partial charge in [0.05, 0.1) is 5.69 Å². The van der Waals surface area contributed by atoms with Crippen molar-refractivity contribution in [1.82, 2.24) is 9.78 Å². The monoisotopic (exact) mass is 279 g/mol. The maximum Gasteiger partial charge on any atom is 0.126 e. The molecular formula is C14H18FN3S. The Morgan fingerprint density at radius 1 is 1.42 bits per heavy atom. The van der Waals surface area contributed by atoms with E-state index in [1.165, 1.54) is 23.9 Å². The minimum atomic E-state index is -0.298. The average molecular weight is 279 g/mol. The first-order chi connectivity index (χ1) is 9.08. The number of nitrogens with zero attached hydrogens (tertiary/aromatic N) is 2. The molecule has 0 amide bonds. The van der Waals surface area contributed by atoms with Gasteiger partial charge in [0.25, 0.3) is 0 Å². The molecule has 0 bridgehead atoms. The molecule has 0 aliphatic rings. The number of hydrogen-bond donors (Lipinski definition) is 1. The van der Waals surface area contributed by atoms with E-state index < -0.39 is 0 Å². The van der Waals surface area contributed by atoms with Crippen LogP contribution in [-0.4, -0.2) is 9.78 Å². The molecule has 0 saturated heterocycles. The second-order valence-electron chi connectivity index (χ2n) is 4.55. The van der Waals surface area contributed by atoms with Crippen molar-refractivity contribution in [3.05, 3.63) is 42.0 Å². The summed E-state index contributed by atoms with van der Waals surface area (Å²) in [7, 11) is 0. The van der Waals surface area contributed by atoms with Crippen LogP contribution in [-0.2, 0) is 5.75 Å². The third-order valence-electron chi connectivity index (χ3n) is 2.99. The fourth-order valence-corrected chi connectivity index (χ4v) is 2.60. The normalized spacial score (nSPS) is 12.6. The lowest BCUT2D eigenvalue weighted by Gasteiger charge is -2.08. The smallest absolute Gasteiger partial charge is 0.126 e. The highest BCUT2D eigenvalue weighted by Gasteiger charge is 2.06. The van der Waals surface area contributed by atoms with Gasteiger partial charge < -0.3 is 5.73 Å². The fourth-order valence-electron chi connectivity index (χ4n) is 1.71. The van der Waals surface area contributed by atoms with E-state index in [1.807, 2.05) is 16.9 Å². The summed E-state index contributed by atoms with van der Waals surface area (Å²) in [6, 6.07) is 7.00. The molecule has 19 heavy (non-hydrogen) atoms. The molecule has 5 heteroatoms. The number of hydrogen-bond acceptors (Lipinski definition) is 3. The van der Waals surface area contributed by atoms with Crippen LogP contribution in [0, 0.1) is 5.82 Å². The number of anilines is 1. The Bertz CT molecular complexity index is 533. The van der Waals surface area contributed by atoms with Gasteiger partial charge in [0.15, 0.2) is 0 Å². The molecule has 1 heterocycles. The van der Waals surface area contributed by atoms with Crippen molar-refractivity contribution in [2.45, 2.75) is 37.0 Å². The highest BCUT2D eigenvalue weighted by atomic mass is 32.2. The van der Waals surface area contributed by atoms with Crippen molar-refractivity contribution in [3.8, 4) is 0 Å². The van der Waals surface area contributed by atoms with Crippen LogP contribution in [0.15, 0.2) is 35.4 Å². The lowest BCUT2D eigenvalue weighted by Crippen LogP contribution is -2.04. The molecule has 2 N–H and O–H groups in total. The zero-order valence-electron chi connectivity index (χ0n) is 11.1. The predicted molar refractivity (Wildman–Crippen MR) is 77.6 cm³/mol. The van der Waals surface area contributed by atoms with Gasteiger partial charge in [-0.2, -0.15) is 5.10 Å². The molecule has 3 nitrogen and oxygen atoms in total. The largest absolute Gasteiger partial charge is 0.399 e. The van der Waals surface area contributed by atoms with Gasteiger partial charge in [-0.3, -0.25) is 4.68 Å². The summed E-state index contributed by atoms with van der Waals surface area (Å²) < 4.78 is 15.2. The summed E-state index contributed by atoms with van der Waals surface area (Å²) >= 11 is 1.54. The van der Waals surface area contributed by atoms with Gasteiger partial charge in [-0.15, -0.1) is 11.8 Å². The Kier molecular flexibility index (Phi) is 4.47. The molecule has 2 rings (SSSR count). The van der Waals surface area contributed by atoms with E-state index >= 15 is 0 Å². The molecule has 1 unspecified atom stereocenters. The van der Waals surface area contributed by atoms with Crippen LogP contribution >= 0.6 is 11.8 Å². The van der Waals surface area contributed by atoms with Gasteiger partial charge in [-0.25, -0.2) is 4.39 Å². The molecule has 0 spiro atoms. The zero-order valence-corrected chi connectivity index (χ0v) is 12.0. The predicted octanol–water partition coefficient (Wildman–Crippen LogP) is 3.87. The van der Waals surface area contributed by atoms with E-state index in [2.05, 4.69) is 18.9 Å². The number of aromatic nitrogens is 2. The van der Waals surface area contributed by atoms with Crippen LogP contribution in [0.2, 0.25) is 0 Å². The molecule has 2 aromatic rings. The zero-order chi connectivity index (χ0) is 13.8. The number of benzene rings is 1. The van der Waals surface area contributed by atoms with Crippen molar-refractivity contribution in [2.24, 2.45) is 0 Å². The Balaban J connectivity index is 2.00. The molecule has 0 radical (unpaired) electrons. The topological polar surface area (TPSA) is 43.8 Å². The summed E-state index contributed by atoms with van der Waals surface area (Å²) in [6.07, 6.45) is 3.04. The molecule has 1 atom stereocenters. The van der Waals surface area contributed by atoms with Crippen LogP contribution in [0.4, 0.5) is 10.1 Å². The van der Waals surface area contributed by atoms with E-state index in [9.17, 15) is 4.39 Å². The van der Waals surface area contributed by atoms with Crippen molar-refractivity contribution >= 4 is 17.4 Å². The molecule has 0 fully saturated rings. The fraction of sp³-hybridized carbons (Fsp3) is 0.357. The van der Waals surface area contributed by atoms with Crippen LogP contribution in [0.1, 0.15) is 32.0 Å². The second kappa shape index (κ2) is 6.10. The molecule has 0 aliphatic heterocycles. The van der Waals surface area contributed by atoms with Gasteiger partial charge in [-0.1, -0.05) is 6.92 Å². The van der Waals surface area contributed by atoms with Crippen molar-refractivity contribution < 1.29 is 4.39 Å². The Morgan fingerprint density at radius 3 is 2.89 bits per heavy atom. The van der Waals surface area contributed by atoms with Gasteiger partial charge in [0, 0.05) is 28.6 Å². The molecule has 102 valence electrons. The summed E-state index contributed by atoms with van der Waals surface area (Å²) in [5.41, 5.74) is 7.06. The Labute approximate surface area is 117 Å². The van der Waals surface area contributed by atoms with Crippen molar-refractivity contribution in [2.75, 3.05) is 5.73 Å². The number of halogens is 1. The molecular weight excluding hydrogens is 261 g/mol. The van der Waals surface area contributed by atoms with E-state index in [0.29, 0.717) is 17.5 Å². The minimum absolute atomic E-state index is 0.298. The minimum Gasteiger partial charge on any atom is -0.399 e. The summed E-state index contributed by atoms with van der Waals surface area (Å²) in [5.74, 6) is 0.416. The van der Waals surface area contributed by atoms with Gasteiger partial charge in [0.2, 0.25) is 0 Å². The Morgan fingerprint density at radius 2 is 2.21 bits per heavy atom. The van der Waals surface area contributed by atoms with E-state index in [0.717, 1.165) is 17.0 Å². The molecule has 1 aromatic heterocycles.